The van der Waals surface area contributed by atoms with Crippen LogP contribution in [0.1, 0.15) is 41.3 Å². The molecule has 1 saturated carbocycles. The lowest BCUT2D eigenvalue weighted by Crippen LogP contribution is -1.98. The van der Waals surface area contributed by atoms with Crippen LogP contribution in [0.25, 0.3) is 27.6 Å². The minimum absolute atomic E-state index is 0.304. The summed E-state index contributed by atoms with van der Waals surface area (Å²) in [4.78, 5) is 18.7. The van der Waals surface area contributed by atoms with Crippen LogP contribution in [0, 0.1) is 13.8 Å². The van der Waals surface area contributed by atoms with E-state index in [0.717, 1.165) is 57.0 Å². The summed E-state index contributed by atoms with van der Waals surface area (Å²) in [6.45, 7) is 3.98. The molecule has 5 aromatic rings. The number of pyridine rings is 1. The summed E-state index contributed by atoms with van der Waals surface area (Å²) in [6.07, 6.45) is 4.69. The number of hydrogen-bond acceptors (Lipinski definition) is 5. The molecule has 1 aliphatic carbocycles. The maximum absolute atomic E-state index is 5.02. The second-order valence-corrected chi connectivity index (χ2v) is 7.67. The molecule has 1 fully saturated rings. The SMILES string of the molecule is Cc1ncc(C)n2nc(C3CC3c3nc4c5cccnc5ccc4n3C)nc12. The molecule has 4 aromatic heterocycles. The lowest BCUT2D eigenvalue weighted by Gasteiger charge is -2.01. The Morgan fingerprint density at radius 2 is 1.93 bits per heavy atom. The van der Waals surface area contributed by atoms with E-state index in [9.17, 15) is 0 Å². The third-order valence-electron chi connectivity index (χ3n) is 5.85. The smallest absolute Gasteiger partial charge is 0.177 e. The highest BCUT2D eigenvalue weighted by Crippen LogP contribution is 2.53. The van der Waals surface area contributed by atoms with E-state index in [2.05, 4.69) is 39.8 Å². The van der Waals surface area contributed by atoms with Crippen molar-refractivity contribution in [1.29, 1.82) is 0 Å². The van der Waals surface area contributed by atoms with E-state index in [4.69, 9.17) is 15.1 Å². The Labute approximate surface area is 161 Å². The van der Waals surface area contributed by atoms with Crippen molar-refractivity contribution >= 4 is 27.6 Å². The van der Waals surface area contributed by atoms with Crippen molar-refractivity contribution in [2.75, 3.05) is 0 Å². The molecule has 7 heteroatoms. The van der Waals surface area contributed by atoms with Crippen LogP contribution >= 0.6 is 0 Å². The summed E-state index contributed by atoms with van der Waals surface area (Å²) in [5.74, 6) is 2.64. The third kappa shape index (κ3) is 2.07. The Bertz CT molecular complexity index is 1360. The molecule has 0 aliphatic heterocycles. The van der Waals surface area contributed by atoms with Gasteiger partial charge in [-0.25, -0.2) is 14.5 Å². The van der Waals surface area contributed by atoms with E-state index >= 15 is 0 Å². The largest absolute Gasteiger partial charge is 0.331 e. The number of aryl methyl sites for hydroxylation is 3. The molecule has 0 bridgehead atoms. The van der Waals surface area contributed by atoms with Crippen molar-refractivity contribution in [3.63, 3.8) is 0 Å². The zero-order valence-electron chi connectivity index (χ0n) is 16.0. The maximum atomic E-state index is 5.02. The minimum atomic E-state index is 0.304. The van der Waals surface area contributed by atoms with E-state index in [1.807, 2.05) is 36.8 Å². The van der Waals surface area contributed by atoms with E-state index in [-0.39, 0.29) is 0 Å². The number of imidazole rings is 1. The van der Waals surface area contributed by atoms with E-state index < -0.39 is 0 Å². The Hall–Kier alpha value is -3.35. The summed E-state index contributed by atoms with van der Waals surface area (Å²) in [5, 5.41) is 5.86. The fraction of sp³-hybridized carbons (Fsp3) is 0.286. The standard InChI is InChI=1S/C21H19N7/c1-11-10-23-12(2)20-25-19(26-28(11)20)14-9-15(14)21-24-18-13-5-4-8-22-16(13)6-7-17(18)27(21)3/h4-8,10,14-15H,9H2,1-3H3. The second-order valence-electron chi connectivity index (χ2n) is 7.67. The molecule has 1 aromatic carbocycles. The zero-order valence-corrected chi connectivity index (χ0v) is 16.0. The molecule has 0 amide bonds. The number of hydrogen-bond donors (Lipinski definition) is 0. The van der Waals surface area contributed by atoms with Gasteiger partial charge in [-0.15, -0.1) is 0 Å². The molecule has 4 heterocycles. The quantitative estimate of drug-likeness (QED) is 0.476. The van der Waals surface area contributed by atoms with Gasteiger partial charge in [-0.05, 0) is 44.5 Å². The van der Waals surface area contributed by atoms with Crippen molar-refractivity contribution < 1.29 is 0 Å². The molecule has 0 saturated heterocycles. The summed E-state index contributed by atoms with van der Waals surface area (Å²) in [5.41, 5.74) is 5.89. The Morgan fingerprint density at radius 3 is 2.79 bits per heavy atom. The molecule has 1 aliphatic rings. The van der Waals surface area contributed by atoms with Crippen LogP contribution in [-0.2, 0) is 7.05 Å². The summed E-state index contributed by atoms with van der Waals surface area (Å²) < 4.78 is 4.11. The first-order chi connectivity index (χ1) is 13.6. The second kappa shape index (κ2) is 5.34. The monoisotopic (exact) mass is 369 g/mol. The van der Waals surface area contributed by atoms with Crippen molar-refractivity contribution in [2.24, 2.45) is 7.05 Å². The lowest BCUT2D eigenvalue weighted by atomic mass is 10.2. The zero-order chi connectivity index (χ0) is 19.0. The first kappa shape index (κ1) is 15.7. The molecule has 2 unspecified atom stereocenters. The highest BCUT2D eigenvalue weighted by atomic mass is 15.3. The van der Waals surface area contributed by atoms with E-state index in [1.54, 1.807) is 0 Å². The number of rotatable bonds is 2. The molecule has 2 atom stereocenters. The van der Waals surface area contributed by atoms with Gasteiger partial charge in [0.25, 0.3) is 0 Å². The van der Waals surface area contributed by atoms with Gasteiger partial charge in [0.05, 0.1) is 27.9 Å². The van der Waals surface area contributed by atoms with Gasteiger partial charge in [0.15, 0.2) is 11.5 Å². The average molecular weight is 369 g/mol. The highest BCUT2D eigenvalue weighted by molar-refractivity contribution is 6.02. The first-order valence-electron chi connectivity index (χ1n) is 9.51. The molecule has 7 nitrogen and oxygen atoms in total. The minimum Gasteiger partial charge on any atom is -0.331 e. The summed E-state index contributed by atoms with van der Waals surface area (Å²) >= 11 is 0. The van der Waals surface area contributed by atoms with Crippen molar-refractivity contribution in [3.05, 3.63) is 59.7 Å². The maximum Gasteiger partial charge on any atom is 0.177 e. The van der Waals surface area contributed by atoms with Gasteiger partial charge in [0.2, 0.25) is 0 Å². The van der Waals surface area contributed by atoms with Crippen molar-refractivity contribution in [1.82, 2.24) is 34.1 Å². The molecule has 6 rings (SSSR count). The predicted octanol–water partition coefficient (Wildman–Crippen LogP) is 3.45. The molecular formula is C21H19N7. The van der Waals surface area contributed by atoms with Gasteiger partial charge in [0, 0.05) is 36.7 Å². The molecule has 0 radical (unpaired) electrons. The molecule has 0 N–H and O–H groups in total. The Kier molecular flexibility index (Phi) is 2.99. The average Bonchev–Trinajstić information content (AvgIpc) is 3.23. The van der Waals surface area contributed by atoms with Gasteiger partial charge in [-0.3, -0.25) is 9.97 Å². The third-order valence-corrected chi connectivity index (χ3v) is 5.85. The fourth-order valence-electron chi connectivity index (χ4n) is 4.19. The molecule has 28 heavy (non-hydrogen) atoms. The first-order valence-corrected chi connectivity index (χ1v) is 9.51. The number of fused-ring (bicyclic) bond motifs is 4. The number of benzene rings is 1. The van der Waals surface area contributed by atoms with E-state index in [0.29, 0.717) is 11.8 Å². The Balaban J connectivity index is 1.44. The van der Waals surface area contributed by atoms with Gasteiger partial charge in [-0.1, -0.05) is 0 Å². The molecule has 138 valence electrons. The van der Waals surface area contributed by atoms with Crippen molar-refractivity contribution in [2.45, 2.75) is 32.1 Å². The molecule has 0 spiro atoms. The number of aromatic nitrogens is 7. The highest BCUT2D eigenvalue weighted by Gasteiger charge is 2.45. The van der Waals surface area contributed by atoms with Crippen LogP contribution in [0.15, 0.2) is 36.7 Å². The van der Waals surface area contributed by atoms with Crippen LogP contribution in [0.4, 0.5) is 0 Å². The number of nitrogens with zero attached hydrogens (tertiary/aromatic N) is 7. The van der Waals surface area contributed by atoms with Gasteiger partial charge < -0.3 is 4.57 Å². The van der Waals surface area contributed by atoms with Gasteiger partial charge >= 0.3 is 0 Å². The summed E-state index contributed by atoms with van der Waals surface area (Å²) in [6, 6.07) is 8.24. The van der Waals surface area contributed by atoms with E-state index in [1.165, 1.54) is 0 Å². The lowest BCUT2D eigenvalue weighted by molar-refractivity contribution is 0.780. The summed E-state index contributed by atoms with van der Waals surface area (Å²) in [7, 11) is 2.09. The van der Waals surface area contributed by atoms with Crippen LogP contribution in [0.3, 0.4) is 0 Å². The van der Waals surface area contributed by atoms with Crippen LogP contribution in [0.2, 0.25) is 0 Å². The van der Waals surface area contributed by atoms with Crippen LogP contribution < -0.4 is 0 Å². The van der Waals surface area contributed by atoms with Gasteiger partial charge in [0.1, 0.15) is 5.82 Å². The van der Waals surface area contributed by atoms with Gasteiger partial charge in [-0.2, -0.15) is 5.10 Å². The van der Waals surface area contributed by atoms with Crippen LogP contribution in [-0.4, -0.2) is 34.1 Å². The van der Waals surface area contributed by atoms with Crippen molar-refractivity contribution in [3.8, 4) is 0 Å². The van der Waals surface area contributed by atoms with Crippen LogP contribution in [0.5, 0.6) is 0 Å². The normalized spacial score (nSPS) is 19.1. The fourth-order valence-corrected chi connectivity index (χ4v) is 4.19. The Morgan fingerprint density at radius 1 is 1.04 bits per heavy atom. The molecular weight excluding hydrogens is 350 g/mol. The topological polar surface area (TPSA) is 73.8 Å². The predicted molar refractivity (Wildman–Crippen MR) is 106 cm³/mol.